The van der Waals surface area contributed by atoms with E-state index in [4.69, 9.17) is 15.0 Å². The molecular weight excluding hydrogens is 257 g/mol. The molecule has 0 saturated heterocycles. The highest BCUT2D eigenvalue weighted by molar-refractivity contribution is 7.85. The third-order valence-electron chi connectivity index (χ3n) is 2.32. The van der Waals surface area contributed by atoms with E-state index in [-0.39, 0.29) is 11.3 Å². The van der Waals surface area contributed by atoms with E-state index < -0.39 is 28.4 Å². The summed E-state index contributed by atoms with van der Waals surface area (Å²) in [5.74, 6) is -1.34. The second-order valence-corrected chi connectivity index (χ2v) is 5.27. The van der Waals surface area contributed by atoms with Crippen LogP contribution in [0.25, 0.3) is 0 Å². The standard InChI is InChI=1S/C10H14BNO5S/c11-6-7-1-2-9(12)8(5-7)10(13)17-3-4-18(14,15)16/h1-2,5H,3-4,6,11-12H2,(H,14,15,16). The van der Waals surface area contributed by atoms with Gasteiger partial charge in [-0.05, 0) is 12.1 Å². The van der Waals surface area contributed by atoms with Crippen molar-refractivity contribution in [3.05, 3.63) is 29.3 Å². The zero-order valence-electron chi connectivity index (χ0n) is 9.92. The van der Waals surface area contributed by atoms with Crippen LogP contribution in [0.3, 0.4) is 0 Å². The first-order valence-corrected chi connectivity index (χ1v) is 6.95. The second-order valence-electron chi connectivity index (χ2n) is 3.70. The molecule has 1 aromatic carbocycles. The predicted molar refractivity (Wildman–Crippen MR) is 69.8 cm³/mol. The van der Waals surface area contributed by atoms with Crippen molar-refractivity contribution in [3.8, 4) is 0 Å². The monoisotopic (exact) mass is 271 g/mol. The fourth-order valence-electron chi connectivity index (χ4n) is 1.32. The number of esters is 1. The Morgan fingerprint density at radius 2 is 2.11 bits per heavy atom. The Kier molecular flexibility index (Phi) is 4.74. The summed E-state index contributed by atoms with van der Waals surface area (Å²) in [7, 11) is -2.20. The molecule has 8 heteroatoms. The SMILES string of the molecule is BCc1ccc(N)c(C(=O)OCCS(=O)(=O)O)c1. The highest BCUT2D eigenvalue weighted by Crippen LogP contribution is 2.15. The third-order valence-corrected chi connectivity index (χ3v) is 3.00. The molecule has 3 N–H and O–H groups in total. The molecule has 0 aliphatic rings. The van der Waals surface area contributed by atoms with E-state index in [1.165, 1.54) is 0 Å². The lowest BCUT2D eigenvalue weighted by molar-refractivity contribution is 0.0529. The lowest BCUT2D eigenvalue weighted by atomic mass is 9.95. The fourth-order valence-corrected chi connectivity index (χ4v) is 1.61. The first kappa shape index (κ1) is 14.5. The molecule has 0 unspecified atom stereocenters. The average molecular weight is 271 g/mol. The molecule has 0 spiro atoms. The smallest absolute Gasteiger partial charge is 0.340 e. The number of hydrogen-bond acceptors (Lipinski definition) is 5. The molecule has 0 fully saturated rings. The molecule has 0 aliphatic heterocycles. The molecule has 6 nitrogen and oxygen atoms in total. The van der Waals surface area contributed by atoms with E-state index in [2.05, 4.69) is 0 Å². The minimum atomic E-state index is -4.13. The molecule has 1 aromatic rings. The quantitative estimate of drug-likeness (QED) is 0.322. The van der Waals surface area contributed by atoms with Crippen molar-refractivity contribution >= 4 is 29.6 Å². The average Bonchev–Trinajstić information content (AvgIpc) is 2.27. The maximum atomic E-state index is 11.6. The van der Waals surface area contributed by atoms with E-state index in [9.17, 15) is 13.2 Å². The van der Waals surface area contributed by atoms with E-state index in [0.717, 1.165) is 11.9 Å². The summed E-state index contributed by atoms with van der Waals surface area (Å²) in [6, 6.07) is 4.99. The maximum absolute atomic E-state index is 11.6. The first-order chi connectivity index (χ1) is 8.33. The van der Waals surface area contributed by atoms with Gasteiger partial charge in [-0.25, -0.2) is 4.79 Å². The van der Waals surface area contributed by atoms with Gasteiger partial charge in [0.2, 0.25) is 0 Å². The molecular formula is C10H14BNO5S. The van der Waals surface area contributed by atoms with Crippen molar-refractivity contribution in [2.24, 2.45) is 0 Å². The van der Waals surface area contributed by atoms with Gasteiger partial charge in [0.1, 0.15) is 20.2 Å². The number of anilines is 1. The van der Waals surface area contributed by atoms with Gasteiger partial charge in [0.15, 0.2) is 0 Å². The van der Waals surface area contributed by atoms with Crippen molar-refractivity contribution in [1.29, 1.82) is 0 Å². The Morgan fingerprint density at radius 3 is 2.67 bits per heavy atom. The van der Waals surface area contributed by atoms with Gasteiger partial charge in [-0.1, -0.05) is 17.9 Å². The van der Waals surface area contributed by atoms with Crippen LogP contribution < -0.4 is 5.73 Å². The number of carbonyl (C=O) groups is 1. The number of nitrogen functional groups attached to an aromatic ring is 1. The molecule has 0 saturated carbocycles. The van der Waals surface area contributed by atoms with Gasteiger partial charge in [-0.2, -0.15) is 8.42 Å². The lowest BCUT2D eigenvalue weighted by Crippen LogP contribution is -2.15. The number of nitrogens with two attached hydrogens (primary N) is 1. The minimum absolute atomic E-state index is 0.199. The van der Waals surface area contributed by atoms with Crippen LogP contribution in [0.4, 0.5) is 5.69 Å². The zero-order chi connectivity index (χ0) is 13.8. The summed E-state index contributed by atoms with van der Waals surface area (Å²) < 4.78 is 34.1. The fraction of sp³-hybridized carbons (Fsp3) is 0.300. The number of ether oxygens (including phenoxy) is 1. The molecule has 18 heavy (non-hydrogen) atoms. The molecule has 0 radical (unpaired) electrons. The van der Waals surface area contributed by atoms with Crippen molar-refractivity contribution in [1.82, 2.24) is 0 Å². The van der Waals surface area contributed by atoms with Gasteiger partial charge in [-0.15, -0.1) is 0 Å². The number of carbonyl (C=O) groups excluding carboxylic acids is 1. The highest BCUT2D eigenvalue weighted by atomic mass is 32.2. The van der Waals surface area contributed by atoms with Crippen LogP contribution >= 0.6 is 0 Å². The predicted octanol–water partition coefficient (Wildman–Crippen LogP) is -0.553. The van der Waals surface area contributed by atoms with Crippen LogP contribution in [0.15, 0.2) is 18.2 Å². The topological polar surface area (TPSA) is 107 Å². The normalized spacial score (nSPS) is 11.2. The van der Waals surface area contributed by atoms with Gasteiger partial charge < -0.3 is 10.5 Å². The van der Waals surface area contributed by atoms with Crippen LogP contribution in [0, 0.1) is 0 Å². The third kappa shape index (κ3) is 4.38. The van der Waals surface area contributed by atoms with Crippen LogP contribution in [-0.2, 0) is 21.2 Å². The molecule has 98 valence electrons. The largest absolute Gasteiger partial charge is 0.461 e. The lowest BCUT2D eigenvalue weighted by Gasteiger charge is -2.07. The summed E-state index contributed by atoms with van der Waals surface area (Å²) in [5.41, 5.74) is 7.02. The van der Waals surface area contributed by atoms with E-state index in [1.807, 2.05) is 7.85 Å². The molecule has 0 heterocycles. The summed E-state index contributed by atoms with van der Waals surface area (Å²) in [6.07, 6.45) is 0.742. The Morgan fingerprint density at radius 1 is 1.44 bits per heavy atom. The molecule has 1 rings (SSSR count). The van der Waals surface area contributed by atoms with Gasteiger partial charge in [-0.3, -0.25) is 4.55 Å². The van der Waals surface area contributed by atoms with Crippen molar-refractivity contribution in [3.63, 3.8) is 0 Å². The summed E-state index contributed by atoms with van der Waals surface area (Å²) in [5, 5.41) is 0. The second kappa shape index (κ2) is 5.88. The molecule has 0 aliphatic carbocycles. The Hall–Kier alpha value is -1.54. The van der Waals surface area contributed by atoms with Crippen LogP contribution in [0.1, 0.15) is 15.9 Å². The van der Waals surface area contributed by atoms with Crippen molar-refractivity contribution in [2.75, 3.05) is 18.1 Å². The van der Waals surface area contributed by atoms with Gasteiger partial charge in [0.05, 0.1) is 5.56 Å². The molecule has 0 amide bonds. The van der Waals surface area contributed by atoms with Crippen molar-refractivity contribution < 1.29 is 22.5 Å². The summed E-state index contributed by atoms with van der Waals surface area (Å²) >= 11 is 0. The maximum Gasteiger partial charge on any atom is 0.340 e. The Labute approximate surface area is 106 Å². The Balaban J connectivity index is 2.72. The summed E-state index contributed by atoms with van der Waals surface area (Å²) in [4.78, 5) is 11.6. The van der Waals surface area contributed by atoms with Crippen LogP contribution in [0.2, 0.25) is 0 Å². The number of benzene rings is 1. The van der Waals surface area contributed by atoms with Gasteiger partial charge in [0, 0.05) is 5.69 Å². The summed E-state index contributed by atoms with van der Waals surface area (Å²) in [6.45, 7) is -0.409. The van der Waals surface area contributed by atoms with E-state index in [1.54, 1.807) is 18.2 Å². The molecule has 0 aromatic heterocycles. The number of rotatable bonds is 5. The Bertz CT molecular complexity index is 543. The van der Waals surface area contributed by atoms with Gasteiger partial charge in [0.25, 0.3) is 10.1 Å². The van der Waals surface area contributed by atoms with E-state index >= 15 is 0 Å². The molecule has 0 bridgehead atoms. The minimum Gasteiger partial charge on any atom is -0.461 e. The van der Waals surface area contributed by atoms with Gasteiger partial charge >= 0.3 is 5.97 Å². The molecule has 0 atom stereocenters. The van der Waals surface area contributed by atoms with Crippen LogP contribution in [0.5, 0.6) is 0 Å². The van der Waals surface area contributed by atoms with Crippen molar-refractivity contribution in [2.45, 2.75) is 6.32 Å². The van der Waals surface area contributed by atoms with E-state index in [0.29, 0.717) is 0 Å². The highest BCUT2D eigenvalue weighted by Gasteiger charge is 2.13. The first-order valence-electron chi connectivity index (χ1n) is 5.34. The number of hydrogen-bond donors (Lipinski definition) is 2. The zero-order valence-corrected chi connectivity index (χ0v) is 10.7. The van der Waals surface area contributed by atoms with Crippen LogP contribution in [-0.4, -0.2) is 39.1 Å².